The molecule has 0 aromatic carbocycles. The third-order valence-electron chi connectivity index (χ3n) is 2.96. The van der Waals surface area contributed by atoms with Crippen LogP contribution in [0.1, 0.15) is 24.0 Å². The first kappa shape index (κ1) is 13.3. The Hall–Kier alpha value is -0.167. The number of allylic oxidation sites excluding steroid dienone is 8. The van der Waals surface area contributed by atoms with Crippen LogP contribution in [-0.4, -0.2) is 0 Å². The Morgan fingerprint density at radius 3 is 2.24 bits per heavy atom. The predicted molar refractivity (Wildman–Crippen MR) is 72.8 cm³/mol. The van der Waals surface area contributed by atoms with Crippen LogP contribution >= 0.6 is 22.9 Å². The first-order chi connectivity index (χ1) is 7.86. The molecule has 2 aliphatic carbocycles. The van der Waals surface area contributed by atoms with Gasteiger partial charge in [-0.05, 0) is 29.6 Å². The number of hydrogen-bond acceptors (Lipinski definition) is 1. The quantitative estimate of drug-likeness (QED) is 0.705. The molecule has 0 nitrogen and oxygen atoms in total. The Morgan fingerprint density at radius 1 is 1.00 bits per heavy atom. The zero-order valence-electron chi connectivity index (χ0n) is 9.24. The van der Waals surface area contributed by atoms with Crippen molar-refractivity contribution >= 4 is 34.1 Å². The predicted octanol–water partition coefficient (Wildman–Crippen LogP) is 5.09. The van der Waals surface area contributed by atoms with E-state index in [0.29, 0.717) is 0 Å². The molecule has 0 saturated heterocycles. The van der Waals surface area contributed by atoms with Gasteiger partial charge in [-0.2, -0.15) is 0 Å². The minimum Gasteiger partial charge on any atom is -0.131 e. The van der Waals surface area contributed by atoms with Crippen molar-refractivity contribution in [3.05, 3.63) is 57.3 Å². The van der Waals surface area contributed by atoms with Gasteiger partial charge in [-0.15, -0.1) is 11.3 Å². The molecule has 3 heteroatoms. The summed E-state index contributed by atoms with van der Waals surface area (Å²) in [6, 6.07) is 0. The third-order valence-corrected chi connectivity index (χ3v) is 4.18. The van der Waals surface area contributed by atoms with E-state index < -0.39 is 0 Å². The first-order valence-electron chi connectivity index (χ1n) is 5.35. The fourth-order valence-corrected chi connectivity index (χ4v) is 3.36. The van der Waals surface area contributed by atoms with E-state index in [9.17, 15) is 0 Å². The summed E-state index contributed by atoms with van der Waals surface area (Å²) >= 11 is 7.94. The van der Waals surface area contributed by atoms with Gasteiger partial charge in [0.25, 0.3) is 0 Å². The molecule has 3 rings (SSSR count). The maximum atomic E-state index is 6.31. The van der Waals surface area contributed by atoms with Crippen molar-refractivity contribution in [2.24, 2.45) is 0 Å². The van der Waals surface area contributed by atoms with Crippen LogP contribution in [-0.2, 0) is 26.2 Å². The molecule has 1 aromatic rings. The van der Waals surface area contributed by atoms with Crippen LogP contribution < -0.4 is 0 Å². The van der Waals surface area contributed by atoms with Crippen molar-refractivity contribution in [2.75, 3.05) is 0 Å². The van der Waals surface area contributed by atoms with Gasteiger partial charge in [-0.25, -0.2) is 0 Å². The molecule has 84 valence electrons. The van der Waals surface area contributed by atoms with Gasteiger partial charge in [0.1, 0.15) is 4.34 Å². The van der Waals surface area contributed by atoms with Crippen molar-refractivity contribution in [1.29, 1.82) is 0 Å². The van der Waals surface area contributed by atoms with E-state index in [-0.39, 0.29) is 26.2 Å². The number of rotatable bonds is 2. The van der Waals surface area contributed by atoms with E-state index in [1.807, 2.05) is 0 Å². The molecule has 0 bridgehead atoms. The van der Waals surface area contributed by atoms with Crippen LogP contribution in [0, 0.1) is 0 Å². The van der Waals surface area contributed by atoms with Gasteiger partial charge in [0.15, 0.2) is 0 Å². The Labute approximate surface area is 130 Å². The molecule has 17 heavy (non-hydrogen) atoms. The van der Waals surface area contributed by atoms with Gasteiger partial charge in [-0.3, -0.25) is 0 Å². The maximum Gasteiger partial charge on any atom is 0.101 e. The monoisotopic (exact) mass is 336 g/mol. The summed E-state index contributed by atoms with van der Waals surface area (Å²) in [5.41, 5.74) is 5.28. The molecule has 0 atom stereocenters. The smallest absolute Gasteiger partial charge is 0.101 e. The van der Waals surface area contributed by atoms with Crippen molar-refractivity contribution in [2.45, 2.75) is 12.8 Å². The average Bonchev–Trinajstić information content (AvgIpc) is 2.96. The van der Waals surface area contributed by atoms with E-state index in [4.69, 9.17) is 11.6 Å². The molecule has 0 N–H and O–H groups in total. The summed E-state index contributed by atoms with van der Waals surface area (Å²) in [6.45, 7) is 0. The second kappa shape index (κ2) is 5.65. The molecule has 1 heterocycles. The van der Waals surface area contributed by atoms with E-state index >= 15 is 0 Å². The number of hydrogen-bond donors (Lipinski definition) is 0. The van der Waals surface area contributed by atoms with Gasteiger partial charge in [0.05, 0.1) is 0 Å². The molecule has 0 spiro atoms. The van der Waals surface area contributed by atoms with E-state index in [0.717, 1.165) is 17.2 Å². The molecule has 0 fully saturated rings. The molecule has 0 aliphatic heterocycles. The molecule has 2 aliphatic rings. The van der Waals surface area contributed by atoms with Crippen LogP contribution in [0.15, 0.2) is 41.8 Å². The fourth-order valence-electron chi connectivity index (χ4n) is 2.15. The summed E-state index contributed by atoms with van der Waals surface area (Å²) < 4.78 is 0.915. The molecular formula is C14H11ClSZr. The Balaban J connectivity index is 0.00000108. The third kappa shape index (κ3) is 2.50. The molecule has 1 aromatic heterocycles. The SMILES string of the molecule is Clc1scc(C2=CC=CC2)c1C1=CC=CC1.[Zr]. The van der Waals surface area contributed by atoms with Gasteiger partial charge < -0.3 is 0 Å². The van der Waals surface area contributed by atoms with Gasteiger partial charge in [-0.1, -0.05) is 48.1 Å². The zero-order chi connectivity index (χ0) is 11.0. The van der Waals surface area contributed by atoms with Crippen LogP contribution in [0.3, 0.4) is 0 Å². The summed E-state index contributed by atoms with van der Waals surface area (Å²) in [6.07, 6.45) is 15.0. The second-order valence-electron chi connectivity index (χ2n) is 3.95. The standard InChI is InChI=1S/C14H11ClS.Zr/c15-14-13(11-7-3-4-8-11)12(9-16-14)10-5-1-2-6-10;/h1-5,7,9H,6,8H2;. The van der Waals surface area contributed by atoms with Crippen molar-refractivity contribution in [1.82, 2.24) is 0 Å². The summed E-state index contributed by atoms with van der Waals surface area (Å²) in [4.78, 5) is 0. The number of halogens is 1. The van der Waals surface area contributed by atoms with Gasteiger partial charge in [0, 0.05) is 37.1 Å². The topological polar surface area (TPSA) is 0 Å². The van der Waals surface area contributed by atoms with Gasteiger partial charge >= 0.3 is 0 Å². The van der Waals surface area contributed by atoms with E-state index in [1.165, 1.54) is 22.3 Å². The van der Waals surface area contributed by atoms with Crippen LogP contribution in [0.4, 0.5) is 0 Å². The second-order valence-corrected chi connectivity index (χ2v) is 5.43. The van der Waals surface area contributed by atoms with Crippen LogP contribution in [0.5, 0.6) is 0 Å². The zero-order valence-corrected chi connectivity index (χ0v) is 13.3. The fraction of sp³-hybridized carbons (Fsp3) is 0.143. The van der Waals surface area contributed by atoms with Crippen molar-refractivity contribution in [3.8, 4) is 0 Å². The van der Waals surface area contributed by atoms with E-state index in [1.54, 1.807) is 11.3 Å². The summed E-state index contributed by atoms with van der Waals surface area (Å²) in [5, 5.41) is 2.18. The van der Waals surface area contributed by atoms with E-state index in [2.05, 4.69) is 41.8 Å². The molecular weight excluding hydrogens is 327 g/mol. The Morgan fingerprint density at radius 2 is 1.65 bits per heavy atom. The van der Waals surface area contributed by atoms with Crippen LogP contribution in [0.2, 0.25) is 4.34 Å². The normalized spacial score (nSPS) is 17.0. The largest absolute Gasteiger partial charge is 0.131 e. The van der Waals surface area contributed by atoms with Crippen molar-refractivity contribution < 1.29 is 26.2 Å². The summed E-state index contributed by atoms with van der Waals surface area (Å²) in [5.74, 6) is 0. The van der Waals surface area contributed by atoms with Crippen LogP contribution in [0.25, 0.3) is 11.1 Å². The first-order valence-corrected chi connectivity index (χ1v) is 6.61. The Kier molecular flexibility index (Phi) is 4.41. The number of thiophene rings is 1. The molecule has 0 radical (unpaired) electrons. The minimum absolute atomic E-state index is 0. The molecule has 0 saturated carbocycles. The van der Waals surface area contributed by atoms with Crippen molar-refractivity contribution in [3.63, 3.8) is 0 Å². The minimum atomic E-state index is 0. The Bertz CT molecular complexity index is 547. The summed E-state index contributed by atoms with van der Waals surface area (Å²) in [7, 11) is 0. The molecule has 0 amide bonds. The average molecular weight is 338 g/mol. The van der Waals surface area contributed by atoms with Gasteiger partial charge in [0.2, 0.25) is 0 Å². The maximum absolute atomic E-state index is 6.31. The molecule has 0 unspecified atom stereocenters.